The minimum atomic E-state index is -0.329. The van der Waals surface area contributed by atoms with Crippen molar-refractivity contribution in [3.63, 3.8) is 0 Å². The highest BCUT2D eigenvalue weighted by Crippen LogP contribution is 2.25. The van der Waals surface area contributed by atoms with Crippen LogP contribution in [0.15, 0.2) is 29.2 Å². The molecule has 2 unspecified atom stereocenters. The number of likely N-dealkylation sites (tertiary alicyclic amines) is 1. The average Bonchev–Trinajstić information content (AvgIpc) is 2.54. The molecule has 0 amide bonds. The zero-order valence-corrected chi connectivity index (χ0v) is 14.2. The number of hydrogen-bond donors (Lipinski definition) is 1. The van der Waals surface area contributed by atoms with E-state index < -0.39 is 0 Å². The number of hydrogen-bond acceptors (Lipinski definition) is 3. The van der Waals surface area contributed by atoms with Crippen LogP contribution < -0.4 is 0 Å². The Morgan fingerprint density at radius 2 is 2.00 bits per heavy atom. The number of piperidine rings is 1. The molecule has 1 N–H and O–H groups in total. The molecule has 0 bridgehead atoms. The first-order chi connectivity index (χ1) is 10.2. The molecule has 1 aromatic rings. The molecule has 1 aliphatic rings. The van der Waals surface area contributed by atoms with Crippen molar-refractivity contribution in [2.75, 3.05) is 18.8 Å². The second-order valence-electron chi connectivity index (χ2n) is 5.90. The molecule has 0 aliphatic carbocycles. The molecule has 118 valence electrons. The van der Waals surface area contributed by atoms with Gasteiger partial charge in [-0.2, -0.15) is 0 Å². The summed E-state index contributed by atoms with van der Waals surface area (Å²) in [4.78, 5) is 3.86. The monoisotopic (exact) mass is 307 g/mol. The molecule has 1 fully saturated rings. The fraction of sp³-hybridized carbons (Fsp3) is 0.667. The summed E-state index contributed by atoms with van der Waals surface area (Å²) < 4.78 is 0. The molecule has 2 nitrogen and oxygen atoms in total. The third kappa shape index (κ3) is 5.01. The summed E-state index contributed by atoms with van der Waals surface area (Å²) >= 11 is 1.85. The third-order valence-corrected chi connectivity index (χ3v) is 5.38. The Labute approximate surface area is 133 Å². The first kappa shape index (κ1) is 16.9. The van der Waals surface area contributed by atoms with Crippen molar-refractivity contribution in [2.24, 2.45) is 0 Å². The van der Waals surface area contributed by atoms with Crippen molar-refractivity contribution in [3.8, 4) is 0 Å². The van der Waals surface area contributed by atoms with Gasteiger partial charge in [-0.1, -0.05) is 32.4 Å². The zero-order valence-electron chi connectivity index (χ0n) is 13.4. The first-order valence-electron chi connectivity index (χ1n) is 8.39. The van der Waals surface area contributed by atoms with Crippen molar-refractivity contribution in [2.45, 2.75) is 63.0 Å². The molecule has 3 heteroatoms. The lowest BCUT2D eigenvalue weighted by Crippen LogP contribution is -2.40. The highest BCUT2D eigenvalue weighted by atomic mass is 32.2. The van der Waals surface area contributed by atoms with E-state index in [1.165, 1.54) is 37.1 Å². The number of benzene rings is 1. The van der Waals surface area contributed by atoms with Crippen molar-refractivity contribution >= 4 is 11.8 Å². The fourth-order valence-electron chi connectivity index (χ4n) is 3.22. The van der Waals surface area contributed by atoms with E-state index >= 15 is 0 Å². The number of nitrogens with zero attached hydrogens (tertiary/aromatic N) is 1. The summed E-state index contributed by atoms with van der Waals surface area (Å²) in [5.74, 6) is 1.09. The smallest absolute Gasteiger partial charge is 0.0802 e. The van der Waals surface area contributed by atoms with Crippen LogP contribution in [-0.2, 0) is 0 Å². The Hall–Kier alpha value is -0.510. The molecule has 2 rings (SSSR count). The summed E-state index contributed by atoms with van der Waals surface area (Å²) in [6.07, 6.45) is 5.76. The Balaban J connectivity index is 1.84. The lowest BCUT2D eigenvalue weighted by Gasteiger charge is -2.35. The van der Waals surface area contributed by atoms with Gasteiger partial charge in [0, 0.05) is 17.5 Å². The van der Waals surface area contributed by atoms with Crippen LogP contribution in [-0.4, -0.2) is 34.9 Å². The van der Waals surface area contributed by atoms with E-state index in [0.717, 1.165) is 30.3 Å². The summed E-state index contributed by atoms with van der Waals surface area (Å²) in [5, 5.41) is 10.4. The molecule has 1 aromatic carbocycles. The van der Waals surface area contributed by atoms with Crippen LogP contribution in [0, 0.1) is 0 Å². The number of thioether (sulfide) groups is 1. The van der Waals surface area contributed by atoms with Crippen LogP contribution in [0.25, 0.3) is 0 Å². The van der Waals surface area contributed by atoms with Crippen LogP contribution in [0.4, 0.5) is 0 Å². The molecule has 2 atom stereocenters. The van der Waals surface area contributed by atoms with Crippen molar-refractivity contribution in [1.82, 2.24) is 4.90 Å². The second kappa shape index (κ2) is 8.82. The van der Waals surface area contributed by atoms with E-state index in [2.05, 4.69) is 43.0 Å². The summed E-state index contributed by atoms with van der Waals surface area (Å²) in [6, 6.07) is 9.14. The summed E-state index contributed by atoms with van der Waals surface area (Å²) in [6.45, 7) is 6.67. The second-order valence-corrected chi connectivity index (χ2v) is 7.24. The van der Waals surface area contributed by atoms with Gasteiger partial charge in [-0.05, 0) is 55.7 Å². The predicted molar refractivity (Wildman–Crippen MR) is 91.9 cm³/mol. The lowest BCUT2D eigenvalue weighted by molar-refractivity contribution is 0.101. The van der Waals surface area contributed by atoms with Crippen LogP contribution in [0.2, 0.25) is 0 Å². The van der Waals surface area contributed by atoms with Gasteiger partial charge in [0.25, 0.3) is 0 Å². The first-order valence-corrected chi connectivity index (χ1v) is 9.38. The van der Waals surface area contributed by atoms with Gasteiger partial charge in [0.15, 0.2) is 0 Å². The highest BCUT2D eigenvalue weighted by Gasteiger charge is 2.21. The van der Waals surface area contributed by atoms with Gasteiger partial charge in [0.05, 0.1) is 6.10 Å². The average molecular weight is 308 g/mol. The highest BCUT2D eigenvalue weighted by molar-refractivity contribution is 7.99. The van der Waals surface area contributed by atoms with E-state index in [1.54, 1.807) is 0 Å². The fourth-order valence-corrected chi connectivity index (χ4v) is 3.89. The van der Waals surface area contributed by atoms with Crippen LogP contribution in [0.1, 0.15) is 57.6 Å². The lowest BCUT2D eigenvalue weighted by atomic mass is 9.99. The van der Waals surface area contributed by atoms with Gasteiger partial charge >= 0.3 is 0 Å². The molecule has 21 heavy (non-hydrogen) atoms. The van der Waals surface area contributed by atoms with E-state index in [9.17, 15) is 5.11 Å². The minimum absolute atomic E-state index is 0.329. The maximum Gasteiger partial charge on any atom is 0.0802 e. The van der Waals surface area contributed by atoms with Crippen molar-refractivity contribution in [1.29, 1.82) is 0 Å². The Morgan fingerprint density at radius 1 is 1.24 bits per heavy atom. The van der Waals surface area contributed by atoms with Gasteiger partial charge in [-0.3, -0.25) is 0 Å². The van der Waals surface area contributed by atoms with Crippen LogP contribution in [0.3, 0.4) is 0 Å². The van der Waals surface area contributed by atoms with Gasteiger partial charge in [0.1, 0.15) is 0 Å². The number of aliphatic hydroxyl groups excluding tert-OH is 1. The molecule has 0 aromatic heterocycles. The summed E-state index contributed by atoms with van der Waals surface area (Å²) in [7, 11) is 0. The maximum atomic E-state index is 10.4. The molecular weight excluding hydrogens is 278 g/mol. The molecule has 1 saturated heterocycles. The number of aliphatic hydroxyl groups is 1. The largest absolute Gasteiger partial charge is 0.388 e. The standard InChI is InChI=1S/C18H29NOS/c1-3-16-7-5-6-13-19(16)14-12-18(20)15-8-10-17(11-9-15)21-4-2/h8-11,16,18,20H,3-7,12-14H2,1-2H3. The van der Waals surface area contributed by atoms with Crippen LogP contribution in [0.5, 0.6) is 0 Å². The topological polar surface area (TPSA) is 23.5 Å². The SMILES string of the molecule is CCSc1ccc(C(O)CCN2CCCCC2CC)cc1. The molecule has 1 heterocycles. The molecular formula is C18H29NOS. The normalized spacial score (nSPS) is 21.4. The van der Waals surface area contributed by atoms with Gasteiger partial charge < -0.3 is 10.0 Å². The Bertz CT molecular complexity index is 406. The molecule has 0 saturated carbocycles. The molecule has 0 spiro atoms. The Morgan fingerprint density at radius 3 is 2.67 bits per heavy atom. The van der Waals surface area contributed by atoms with Gasteiger partial charge in [0.2, 0.25) is 0 Å². The van der Waals surface area contributed by atoms with E-state index in [-0.39, 0.29) is 6.10 Å². The maximum absolute atomic E-state index is 10.4. The minimum Gasteiger partial charge on any atom is -0.388 e. The van der Waals surface area contributed by atoms with Crippen molar-refractivity contribution in [3.05, 3.63) is 29.8 Å². The van der Waals surface area contributed by atoms with Gasteiger partial charge in [-0.25, -0.2) is 0 Å². The van der Waals surface area contributed by atoms with E-state index in [0.29, 0.717) is 0 Å². The van der Waals surface area contributed by atoms with Gasteiger partial charge in [-0.15, -0.1) is 11.8 Å². The third-order valence-electron chi connectivity index (χ3n) is 4.49. The van der Waals surface area contributed by atoms with E-state index in [4.69, 9.17) is 0 Å². The predicted octanol–water partition coefficient (Wildman–Crippen LogP) is 4.49. The molecule has 1 aliphatic heterocycles. The number of rotatable bonds is 7. The van der Waals surface area contributed by atoms with E-state index in [1.807, 2.05) is 11.8 Å². The van der Waals surface area contributed by atoms with Crippen LogP contribution >= 0.6 is 11.8 Å². The quantitative estimate of drug-likeness (QED) is 0.751. The summed E-state index contributed by atoms with van der Waals surface area (Å²) in [5.41, 5.74) is 1.06. The van der Waals surface area contributed by atoms with Crippen molar-refractivity contribution < 1.29 is 5.11 Å². The molecule has 0 radical (unpaired) electrons. The zero-order chi connectivity index (χ0) is 15.1. The Kier molecular flexibility index (Phi) is 7.08.